The van der Waals surface area contributed by atoms with Crippen LogP contribution in [0, 0.1) is 23.3 Å². The van der Waals surface area contributed by atoms with Crippen LogP contribution in [0.3, 0.4) is 0 Å². The van der Waals surface area contributed by atoms with Gasteiger partial charge in [-0.1, -0.05) is 51.0 Å². The summed E-state index contributed by atoms with van der Waals surface area (Å²) in [5, 5.41) is 0. The molecular weight excluding hydrogens is 520 g/mol. The molecule has 1 aliphatic carbocycles. The van der Waals surface area contributed by atoms with Gasteiger partial charge in [-0.15, -0.1) is 0 Å². The molecule has 3 nitrogen and oxygen atoms in total. The lowest BCUT2D eigenvalue weighted by atomic mass is 9.82. The fourth-order valence-corrected chi connectivity index (χ4v) is 5.04. The molecular formula is C33H38F4O3. The van der Waals surface area contributed by atoms with Gasteiger partial charge >= 0.3 is 0 Å². The van der Waals surface area contributed by atoms with E-state index in [1.165, 1.54) is 12.1 Å². The second kappa shape index (κ2) is 14.5. The summed E-state index contributed by atoms with van der Waals surface area (Å²) < 4.78 is 76.0. The van der Waals surface area contributed by atoms with Crippen molar-refractivity contribution in [3.05, 3.63) is 82.9 Å². The summed E-state index contributed by atoms with van der Waals surface area (Å²) in [5.74, 6) is -3.15. The van der Waals surface area contributed by atoms with E-state index in [0.29, 0.717) is 55.8 Å². The summed E-state index contributed by atoms with van der Waals surface area (Å²) in [6, 6.07) is 13.2. The molecule has 3 aromatic carbocycles. The van der Waals surface area contributed by atoms with Crippen molar-refractivity contribution in [2.45, 2.75) is 83.8 Å². The quantitative estimate of drug-likeness (QED) is 0.154. The third kappa shape index (κ3) is 7.36. The lowest BCUT2D eigenvalue weighted by Crippen LogP contribution is -2.21. The van der Waals surface area contributed by atoms with Gasteiger partial charge in [0.25, 0.3) is 0 Å². The molecule has 0 aromatic heterocycles. The SMILES string of the molecule is CCCCOc1ccc(-c2ccc(C3CCC(OCc4ccc(OCCCC)c(F)c4F)CC3)c(F)c2F)cc1. The summed E-state index contributed by atoms with van der Waals surface area (Å²) in [4.78, 5) is 0. The Morgan fingerprint density at radius 2 is 1.35 bits per heavy atom. The highest BCUT2D eigenvalue weighted by Crippen LogP contribution is 2.38. The summed E-state index contributed by atoms with van der Waals surface area (Å²) in [6.45, 7) is 4.97. The van der Waals surface area contributed by atoms with Crippen LogP contribution in [0.15, 0.2) is 48.5 Å². The lowest BCUT2D eigenvalue weighted by molar-refractivity contribution is 0.0116. The van der Waals surface area contributed by atoms with Gasteiger partial charge in [-0.05, 0) is 79.8 Å². The number of ether oxygens (including phenoxy) is 3. The van der Waals surface area contributed by atoms with Crippen molar-refractivity contribution in [3.63, 3.8) is 0 Å². The molecule has 0 atom stereocenters. The summed E-state index contributed by atoms with van der Waals surface area (Å²) in [6.07, 6.45) is 5.96. The average molecular weight is 559 g/mol. The lowest BCUT2D eigenvalue weighted by Gasteiger charge is -2.29. The Bertz CT molecular complexity index is 1240. The van der Waals surface area contributed by atoms with Gasteiger partial charge in [0.2, 0.25) is 5.82 Å². The molecule has 0 unspecified atom stereocenters. The minimum Gasteiger partial charge on any atom is -0.494 e. The molecule has 0 radical (unpaired) electrons. The van der Waals surface area contributed by atoms with Gasteiger partial charge in [-0.25, -0.2) is 13.2 Å². The number of hydrogen-bond donors (Lipinski definition) is 0. The van der Waals surface area contributed by atoms with Crippen LogP contribution < -0.4 is 9.47 Å². The van der Waals surface area contributed by atoms with E-state index in [-0.39, 0.29) is 35.5 Å². The van der Waals surface area contributed by atoms with Crippen molar-refractivity contribution in [1.82, 2.24) is 0 Å². The van der Waals surface area contributed by atoms with Crippen molar-refractivity contribution in [2.24, 2.45) is 0 Å². The van der Waals surface area contributed by atoms with Crippen molar-refractivity contribution >= 4 is 0 Å². The third-order valence-electron chi connectivity index (χ3n) is 7.52. The predicted octanol–water partition coefficient (Wildman–Crippen LogP) is 9.51. The van der Waals surface area contributed by atoms with Crippen LogP contribution in [0.25, 0.3) is 11.1 Å². The normalized spacial score (nSPS) is 17.1. The van der Waals surface area contributed by atoms with Crippen LogP contribution in [-0.2, 0) is 11.3 Å². The Kier molecular flexibility index (Phi) is 10.9. The van der Waals surface area contributed by atoms with Crippen molar-refractivity contribution in [1.29, 1.82) is 0 Å². The number of benzene rings is 3. The minimum absolute atomic E-state index is 0.0621. The van der Waals surface area contributed by atoms with E-state index in [1.807, 2.05) is 6.92 Å². The van der Waals surface area contributed by atoms with Crippen LogP contribution >= 0.6 is 0 Å². The molecule has 0 amide bonds. The molecule has 3 aromatic rings. The first-order valence-electron chi connectivity index (χ1n) is 14.3. The molecule has 1 saturated carbocycles. The Hall–Kier alpha value is -3.06. The molecule has 7 heteroatoms. The van der Waals surface area contributed by atoms with Gasteiger partial charge in [0.15, 0.2) is 23.2 Å². The molecule has 40 heavy (non-hydrogen) atoms. The Balaban J connectivity index is 1.32. The van der Waals surface area contributed by atoms with Gasteiger partial charge in [0.1, 0.15) is 5.75 Å². The highest BCUT2D eigenvalue weighted by molar-refractivity contribution is 5.65. The molecule has 4 rings (SSSR count). The maximum atomic E-state index is 15.2. The molecule has 0 bridgehead atoms. The maximum absolute atomic E-state index is 15.2. The topological polar surface area (TPSA) is 27.7 Å². The highest BCUT2D eigenvalue weighted by atomic mass is 19.2. The van der Waals surface area contributed by atoms with Crippen LogP contribution in [0.1, 0.15) is 82.3 Å². The Labute approximate surface area is 234 Å². The van der Waals surface area contributed by atoms with Crippen LogP contribution in [-0.4, -0.2) is 19.3 Å². The van der Waals surface area contributed by atoms with Gasteiger partial charge < -0.3 is 14.2 Å². The molecule has 1 aliphatic rings. The van der Waals surface area contributed by atoms with Gasteiger partial charge in [0.05, 0.1) is 25.9 Å². The van der Waals surface area contributed by atoms with E-state index >= 15 is 8.78 Å². The smallest absolute Gasteiger partial charge is 0.200 e. The molecule has 0 N–H and O–H groups in total. The van der Waals surface area contributed by atoms with Crippen molar-refractivity contribution in [2.75, 3.05) is 13.2 Å². The average Bonchev–Trinajstić information content (AvgIpc) is 2.97. The summed E-state index contributed by atoms with van der Waals surface area (Å²) in [7, 11) is 0. The van der Waals surface area contributed by atoms with E-state index in [4.69, 9.17) is 14.2 Å². The second-order valence-corrected chi connectivity index (χ2v) is 10.4. The first-order valence-corrected chi connectivity index (χ1v) is 14.3. The number of halogens is 4. The van der Waals surface area contributed by atoms with E-state index < -0.39 is 23.3 Å². The van der Waals surface area contributed by atoms with Crippen LogP contribution in [0.4, 0.5) is 17.6 Å². The Morgan fingerprint density at radius 3 is 2.02 bits per heavy atom. The molecule has 216 valence electrons. The van der Waals surface area contributed by atoms with E-state index in [2.05, 4.69) is 6.92 Å². The van der Waals surface area contributed by atoms with Crippen molar-refractivity contribution in [3.8, 4) is 22.6 Å². The van der Waals surface area contributed by atoms with Gasteiger partial charge in [-0.2, -0.15) is 4.39 Å². The fraction of sp³-hybridized carbons (Fsp3) is 0.455. The zero-order chi connectivity index (χ0) is 28.5. The molecule has 1 fully saturated rings. The molecule has 0 saturated heterocycles. The fourth-order valence-electron chi connectivity index (χ4n) is 5.04. The van der Waals surface area contributed by atoms with E-state index in [1.54, 1.807) is 36.4 Å². The molecule has 0 aliphatic heterocycles. The molecule has 0 heterocycles. The zero-order valence-electron chi connectivity index (χ0n) is 23.3. The summed E-state index contributed by atoms with van der Waals surface area (Å²) >= 11 is 0. The predicted molar refractivity (Wildman–Crippen MR) is 149 cm³/mol. The number of unbranched alkanes of at least 4 members (excludes halogenated alkanes) is 2. The first-order chi connectivity index (χ1) is 19.4. The van der Waals surface area contributed by atoms with Gasteiger partial charge in [-0.3, -0.25) is 0 Å². The second-order valence-electron chi connectivity index (χ2n) is 10.4. The minimum atomic E-state index is -1.00. The van der Waals surface area contributed by atoms with E-state index in [9.17, 15) is 8.78 Å². The van der Waals surface area contributed by atoms with Gasteiger partial charge in [0, 0.05) is 11.1 Å². The largest absolute Gasteiger partial charge is 0.494 e. The van der Waals surface area contributed by atoms with Crippen molar-refractivity contribution < 1.29 is 31.8 Å². The number of hydrogen-bond acceptors (Lipinski definition) is 3. The zero-order valence-corrected chi connectivity index (χ0v) is 23.3. The first kappa shape index (κ1) is 29.9. The van der Waals surface area contributed by atoms with Crippen LogP contribution in [0.5, 0.6) is 11.5 Å². The van der Waals surface area contributed by atoms with Crippen LogP contribution in [0.2, 0.25) is 0 Å². The highest BCUT2D eigenvalue weighted by Gasteiger charge is 2.27. The third-order valence-corrected chi connectivity index (χ3v) is 7.52. The number of rotatable bonds is 13. The Morgan fingerprint density at radius 1 is 0.675 bits per heavy atom. The summed E-state index contributed by atoms with van der Waals surface area (Å²) in [5.41, 5.74) is 1.30. The van der Waals surface area contributed by atoms with E-state index in [0.717, 1.165) is 25.7 Å². The molecule has 0 spiro atoms. The monoisotopic (exact) mass is 558 g/mol. The maximum Gasteiger partial charge on any atom is 0.200 e. The standard InChI is InChI=1S/C33H38F4O3/c1-3-5-19-38-25-12-7-22(8-13-25)27-16-17-28(32(36)31(27)35)23-9-14-26(15-10-23)40-21-24-11-18-29(33(37)30(24)34)39-20-6-4-2/h7-8,11-13,16-18,23,26H,3-6,9-10,14-15,19-21H2,1-2H3.